The summed E-state index contributed by atoms with van der Waals surface area (Å²) in [5.41, 5.74) is 6.58. The highest BCUT2D eigenvalue weighted by molar-refractivity contribution is 5.86. The third-order valence-corrected chi connectivity index (χ3v) is 6.74. The molecule has 3 aromatic carbocycles. The minimum absolute atomic E-state index is 0.302. The van der Waals surface area contributed by atoms with Crippen LogP contribution >= 0.6 is 0 Å². The topological polar surface area (TPSA) is 49.8 Å². The predicted octanol–water partition coefficient (Wildman–Crippen LogP) is 6.10. The predicted molar refractivity (Wildman–Crippen MR) is 138 cm³/mol. The lowest BCUT2D eigenvalue weighted by Gasteiger charge is -2.48. The Morgan fingerprint density at radius 3 is 2.44 bits per heavy atom. The van der Waals surface area contributed by atoms with Crippen LogP contribution in [0, 0.1) is 5.92 Å². The van der Waals surface area contributed by atoms with E-state index in [1.165, 1.54) is 35.6 Å². The zero-order valence-corrected chi connectivity index (χ0v) is 20.4. The molecule has 0 saturated carbocycles. The number of fused-ring (bicyclic) bond motifs is 1. The molecule has 0 bridgehead atoms. The summed E-state index contributed by atoms with van der Waals surface area (Å²) in [4.78, 5) is 13.9. The summed E-state index contributed by atoms with van der Waals surface area (Å²) in [6.45, 7) is 7.59. The monoisotopic (exact) mass is 455 g/mol. The molecular formula is C30H33NO3. The number of nitrogens with zero attached hydrogens (tertiary/aromatic N) is 1. The number of methoxy groups -OCH3 is 1. The highest BCUT2D eigenvalue weighted by atomic mass is 16.5. The van der Waals surface area contributed by atoms with E-state index in [1.54, 1.807) is 12.1 Å². The molecule has 0 spiro atoms. The average Bonchev–Trinajstić information content (AvgIpc) is 2.83. The summed E-state index contributed by atoms with van der Waals surface area (Å²) in [5.74, 6) is 0.553. The Hall–Kier alpha value is -3.53. The van der Waals surface area contributed by atoms with Gasteiger partial charge in [-0.1, -0.05) is 56.3 Å². The van der Waals surface area contributed by atoms with Gasteiger partial charge in [-0.3, -0.25) is 0 Å². The molecule has 4 nitrogen and oxygen atoms in total. The van der Waals surface area contributed by atoms with Crippen LogP contribution in [0.1, 0.15) is 48.6 Å². The van der Waals surface area contributed by atoms with Crippen LogP contribution in [-0.2, 0) is 27.9 Å². The van der Waals surface area contributed by atoms with Crippen LogP contribution in [0.25, 0.3) is 6.08 Å². The Labute approximate surface area is 202 Å². The second kappa shape index (κ2) is 9.76. The molecule has 4 rings (SSSR count). The first-order valence-electron chi connectivity index (χ1n) is 11.9. The van der Waals surface area contributed by atoms with E-state index in [0.717, 1.165) is 30.5 Å². The van der Waals surface area contributed by atoms with Crippen LogP contribution in [0.15, 0.2) is 72.8 Å². The van der Waals surface area contributed by atoms with Gasteiger partial charge in [0.25, 0.3) is 0 Å². The van der Waals surface area contributed by atoms with Crippen LogP contribution in [0.3, 0.4) is 0 Å². The molecule has 3 aromatic rings. The normalized spacial score (nSPS) is 17.7. The zero-order chi connectivity index (χ0) is 24.3. The van der Waals surface area contributed by atoms with Crippen molar-refractivity contribution in [3.05, 3.63) is 101 Å². The van der Waals surface area contributed by atoms with Crippen molar-refractivity contribution in [2.75, 3.05) is 18.6 Å². The SMILES string of the molecule is COC(=O)C=Cc1ccc(C2(C)c3ccc(O)cc3CCN2c2ccc(CC(C)C)cc2)cc1. The van der Waals surface area contributed by atoms with Gasteiger partial charge in [-0.15, -0.1) is 0 Å². The summed E-state index contributed by atoms with van der Waals surface area (Å²) in [6, 6.07) is 23.0. The van der Waals surface area contributed by atoms with Gasteiger partial charge in [0.05, 0.1) is 12.6 Å². The van der Waals surface area contributed by atoms with Gasteiger partial charge in [0.1, 0.15) is 5.75 Å². The van der Waals surface area contributed by atoms with E-state index in [4.69, 9.17) is 4.74 Å². The first-order valence-corrected chi connectivity index (χ1v) is 11.9. The highest BCUT2D eigenvalue weighted by Crippen LogP contribution is 2.44. The minimum atomic E-state index is -0.411. The molecule has 0 aromatic heterocycles. The highest BCUT2D eigenvalue weighted by Gasteiger charge is 2.40. The molecule has 1 aliphatic rings. The van der Waals surface area contributed by atoms with Crippen molar-refractivity contribution in [3.8, 4) is 5.75 Å². The van der Waals surface area contributed by atoms with Crippen molar-refractivity contribution in [1.29, 1.82) is 0 Å². The molecule has 0 saturated heterocycles. The van der Waals surface area contributed by atoms with E-state index in [0.29, 0.717) is 11.7 Å². The molecule has 34 heavy (non-hydrogen) atoms. The van der Waals surface area contributed by atoms with Crippen molar-refractivity contribution < 1.29 is 14.6 Å². The second-order valence-electron chi connectivity index (χ2n) is 9.56. The maximum absolute atomic E-state index is 11.5. The van der Waals surface area contributed by atoms with Crippen molar-refractivity contribution in [2.24, 2.45) is 5.92 Å². The Balaban J connectivity index is 1.76. The number of carbonyl (C=O) groups is 1. The lowest BCUT2D eigenvalue weighted by molar-refractivity contribution is -0.134. The third-order valence-electron chi connectivity index (χ3n) is 6.74. The molecule has 1 unspecified atom stereocenters. The van der Waals surface area contributed by atoms with Gasteiger partial charge >= 0.3 is 5.97 Å². The molecule has 1 aliphatic heterocycles. The van der Waals surface area contributed by atoms with Crippen molar-refractivity contribution in [2.45, 2.75) is 39.2 Å². The number of anilines is 1. The van der Waals surface area contributed by atoms with E-state index in [9.17, 15) is 9.90 Å². The van der Waals surface area contributed by atoms with E-state index in [2.05, 4.69) is 68.1 Å². The molecule has 1 N–H and O–H groups in total. The number of phenolic OH excluding ortho intramolecular Hbond substituents is 1. The fourth-order valence-corrected chi connectivity index (χ4v) is 5.00. The number of rotatable bonds is 6. The number of benzene rings is 3. The summed E-state index contributed by atoms with van der Waals surface area (Å²) >= 11 is 0. The quantitative estimate of drug-likeness (QED) is 0.360. The molecular weight excluding hydrogens is 422 g/mol. The maximum atomic E-state index is 11.5. The lowest BCUT2D eigenvalue weighted by Crippen LogP contribution is -2.49. The number of hydrogen-bond donors (Lipinski definition) is 1. The Morgan fingerprint density at radius 1 is 1.09 bits per heavy atom. The van der Waals surface area contributed by atoms with Gasteiger partial charge in [0, 0.05) is 18.3 Å². The number of esters is 1. The smallest absolute Gasteiger partial charge is 0.330 e. The van der Waals surface area contributed by atoms with E-state index in [1.807, 2.05) is 18.2 Å². The molecule has 4 heteroatoms. The van der Waals surface area contributed by atoms with Gasteiger partial charge in [0.15, 0.2) is 0 Å². The van der Waals surface area contributed by atoms with Crippen LogP contribution in [-0.4, -0.2) is 24.7 Å². The fraction of sp³-hybridized carbons (Fsp3) is 0.300. The Bertz CT molecular complexity index is 1180. The Morgan fingerprint density at radius 2 is 1.79 bits per heavy atom. The number of ether oxygens (including phenoxy) is 1. The minimum Gasteiger partial charge on any atom is -0.508 e. The second-order valence-corrected chi connectivity index (χ2v) is 9.56. The zero-order valence-electron chi connectivity index (χ0n) is 20.4. The number of aromatic hydroxyl groups is 1. The van der Waals surface area contributed by atoms with Crippen molar-refractivity contribution >= 4 is 17.7 Å². The Kier molecular flexibility index (Phi) is 6.78. The number of carbonyl (C=O) groups excluding carboxylic acids is 1. The molecule has 0 radical (unpaired) electrons. The van der Waals surface area contributed by atoms with E-state index >= 15 is 0 Å². The van der Waals surface area contributed by atoms with Crippen LogP contribution in [0.2, 0.25) is 0 Å². The molecule has 176 valence electrons. The van der Waals surface area contributed by atoms with Crippen molar-refractivity contribution in [1.82, 2.24) is 0 Å². The standard InChI is InChI=1S/C30H33NO3/c1-21(2)19-23-7-12-26(13-8-23)31-18-17-24-20-27(32)14-15-28(24)30(31,3)25-10-5-22(6-11-25)9-16-29(33)34-4/h5-16,20-21,32H,17-19H2,1-4H3. The summed E-state index contributed by atoms with van der Waals surface area (Å²) < 4.78 is 4.70. The summed E-state index contributed by atoms with van der Waals surface area (Å²) in [6.07, 6.45) is 5.13. The van der Waals surface area contributed by atoms with Crippen LogP contribution in [0.4, 0.5) is 5.69 Å². The largest absolute Gasteiger partial charge is 0.508 e. The number of hydrogen-bond acceptors (Lipinski definition) is 4. The summed E-state index contributed by atoms with van der Waals surface area (Å²) in [7, 11) is 1.37. The first-order chi connectivity index (χ1) is 16.3. The maximum Gasteiger partial charge on any atom is 0.330 e. The summed E-state index contributed by atoms with van der Waals surface area (Å²) in [5, 5.41) is 10.1. The van der Waals surface area contributed by atoms with Crippen LogP contribution < -0.4 is 4.90 Å². The number of phenols is 1. The molecule has 1 heterocycles. The van der Waals surface area contributed by atoms with Gasteiger partial charge in [-0.25, -0.2) is 4.79 Å². The van der Waals surface area contributed by atoms with Gasteiger partial charge in [-0.05, 0) is 83.8 Å². The van der Waals surface area contributed by atoms with Crippen LogP contribution in [0.5, 0.6) is 5.75 Å². The van der Waals surface area contributed by atoms with Gasteiger partial charge in [0.2, 0.25) is 0 Å². The molecule has 0 fully saturated rings. The molecule has 0 amide bonds. The lowest BCUT2D eigenvalue weighted by atomic mass is 9.76. The van der Waals surface area contributed by atoms with E-state index < -0.39 is 5.54 Å². The van der Waals surface area contributed by atoms with Gasteiger partial charge < -0.3 is 14.7 Å². The van der Waals surface area contributed by atoms with Crippen molar-refractivity contribution in [3.63, 3.8) is 0 Å². The third kappa shape index (κ3) is 4.72. The molecule has 1 atom stereocenters. The fourth-order valence-electron chi connectivity index (χ4n) is 5.00. The van der Waals surface area contributed by atoms with E-state index in [-0.39, 0.29) is 5.97 Å². The average molecular weight is 456 g/mol. The first kappa shape index (κ1) is 23.6. The van der Waals surface area contributed by atoms with Gasteiger partial charge in [-0.2, -0.15) is 0 Å². The molecule has 0 aliphatic carbocycles.